The number of carbonyl (C=O) groups is 1. The van der Waals surface area contributed by atoms with Gasteiger partial charge in [-0.3, -0.25) is 9.36 Å². The maximum atomic E-state index is 12.6. The van der Waals surface area contributed by atoms with Gasteiger partial charge >= 0.3 is 0 Å². The molecule has 0 bridgehead atoms. The average molecular weight is 333 g/mol. The molecule has 1 fully saturated rings. The SMILES string of the molecule is O=C(c1ccccc1)N1CCN(c2ccccc2-n2cnnc2)CC1. The lowest BCUT2D eigenvalue weighted by Gasteiger charge is -2.37. The van der Waals surface area contributed by atoms with Gasteiger partial charge in [0.1, 0.15) is 12.7 Å². The fraction of sp³-hybridized carbons (Fsp3) is 0.211. The highest BCUT2D eigenvalue weighted by atomic mass is 16.2. The first kappa shape index (κ1) is 15.4. The molecule has 2 aromatic carbocycles. The van der Waals surface area contributed by atoms with Crippen molar-refractivity contribution in [1.82, 2.24) is 19.7 Å². The molecule has 126 valence electrons. The Morgan fingerprint density at radius 3 is 2.04 bits per heavy atom. The molecular formula is C19H19N5O. The smallest absolute Gasteiger partial charge is 0.253 e. The van der Waals surface area contributed by atoms with E-state index in [0.29, 0.717) is 13.1 Å². The zero-order chi connectivity index (χ0) is 17.1. The normalized spacial score (nSPS) is 14.6. The van der Waals surface area contributed by atoms with Crippen LogP contribution in [0.15, 0.2) is 67.3 Å². The van der Waals surface area contributed by atoms with Gasteiger partial charge in [0.2, 0.25) is 0 Å². The molecule has 2 heterocycles. The highest BCUT2D eigenvalue weighted by molar-refractivity contribution is 5.94. The molecule has 1 aromatic heterocycles. The third-order valence-electron chi connectivity index (χ3n) is 4.51. The number of para-hydroxylation sites is 2. The van der Waals surface area contributed by atoms with Gasteiger partial charge in [-0.2, -0.15) is 0 Å². The second kappa shape index (κ2) is 6.76. The van der Waals surface area contributed by atoms with Gasteiger partial charge in [-0.15, -0.1) is 10.2 Å². The summed E-state index contributed by atoms with van der Waals surface area (Å²) in [5, 5.41) is 7.79. The zero-order valence-electron chi connectivity index (χ0n) is 13.8. The Bertz CT molecular complexity index is 839. The molecule has 0 N–H and O–H groups in total. The number of carbonyl (C=O) groups excluding carboxylic acids is 1. The van der Waals surface area contributed by atoms with Gasteiger partial charge < -0.3 is 9.80 Å². The highest BCUT2D eigenvalue weighted by Crippen LogP contribution is 2.25. The summed E-state index contributed by atoms with van der Waals surface area (Å²) in [4.78, 5) is 16.8. The summed E-state index contributed by atoms with van der Waals surface area (Å²) in [5.41, 5.74) is 2.94. The summed E-state index contributed by atoms with van der Waals surface area (Å²) < 4.78 is 1.91. The monoisotopic (exact) mass is 333 g/mol. The number of benzene rings is 2. The predicted octanol–water partition coefficient (Wildman–Crippen LogP) is 2.23. The van der Waals surface area contributed by atoms with E-state index in [1.807, 2.05) is 51.9 Å². The minimum absolute atomic E-state index is 0.104. The molecule has 1 aliphatic rings. The summed E-state index contributed by atoms with van der Waals surface area (Å²) in [6.07, 6.45) is 3.40. The Balaban J connectivity index is 1.49. The molecule has 4 rings (SSSR count). The first-order valence-corrected chi connectivity index (χ1v) is 8.36. The van der Waals surface area contributed by atoms with Crippen LogP contribution in [0.2, 0.25) is 0 Å². The van der Waals surface area contributed by atoms with Crippen molar-refractivity contribution in [1.29, 1.82) is 0 Å². The Kier molecular flexibility index (Phi) is 4.16. The van der Waals surface area contributed by atoms with Crippen LogP contribution >= 0.6 is 0 Å². The molecule has 0 radical (unpaired) electrons. The number of aromatic nitrogens is 3. The third-order valence-corrected chi connectivity index (χ3v) is 4.51. The third kappa shape index (κ3) is 3.10. The van der Waals surface area contributed by atoms with Gasteiger partial charge in [0.15, 0.2) is 0 Å². The van der Waals surface area contributed by atoms with Crippen molar-refractivity contribution >= 4 is 11.6 Å². The molecular weight excluding hydrogens is 314 g/mol. The van der Waals surface area contributed by atoms with E-state index in [1.54, 1.807) is 12.7 Å². The molecule has 0 unspecified atom stereocenters. The van der Waals surface area contributed by atoms with Crippen molar-refractivity contribution < 1.29 is 4.79 Å². The molecule has 25 heavy (non-hydrogen) atoms. The molecule has 6 nitrogen and oxygen atoms in total. The van der Waals surface area contributed by atoms with Gasteiger partial charge in [0, 0.05) is 31.7 Å². The lowest BCUT2D eigenvalue weighted by molar-refractivity contribution is 0.0747. The number of anilines is 1. The maximum absolute atomic E-state index is 12.6. The van der Waals surface area contributed by atoms with E-state index in [9.17, 15) is 4.79 Å². The van der Waals surface area contributed by atoms with E-state index in [2.05, 4.69) is 27.2 Å². The van der Waals surface area contributed by atoms with Crippen LogP contribution in [-0.4, -0.2) is 51.8 Å². The Hall–Kier alpha value is -3.15. The van der Waals surface area contributed by atoms with Crippen molar-refractivity contribution in [2.24, 2.45) is 0 Å². The van der Waals surface area contributed by atoms with Crippen LogP contribution in [-0.2, 0) is 0 Å². The number of hydrogen-bond donors (Lipinski definition) is 0. The van der Waals surface area contributed by atoms with Crippen LogP contribution in [0.1, 0.15) is 10.4 Å². The molecule has 0 saturated carbocycles. The minimum Gasteiger partial charge on any atom is -0.366 e. The van der Waals surface area contributed by atoms with Crippen molar-refractivity contribution in [3.05, 3.63) is 72.8 Å². The van der Waals surface area contributed by atoms with Crippen LogP contribution in [0.5, 0.6) is 0 Å². The lowest BCUT2D eigenvalue weighted by Crippen LogP contribution is -2.49. The first-order valence-electron chi connectivity index (χ1n) is 8.36. The van der Waals surface area contributed by atoms with Crippen LogP contribution in [0.3, 0.4) is 0 Å². The summed E-state index contributed by atoms with van der Waals surface area (Å²) >= 11 is 0. The summed E-state index contributed by atoms with van der Waals surface area (Å²) in [6, 6.07) is 17.7. The molecule has 0 aliphatic carbocycles. The van der Waals surface area contributed by atoms with Crippen molar-refractivity contribution in [2.45, 2.75) is 0 Å². The van der Waals surface area contributed by atoms with Gasteiger partial charge in [-0.1, -0.05) is 30.3 Å². The first-order chi connectivity index (χ1) is 12.3. The van der Waals surface area contributed by atoms with E-state index in [4.69, 9.17) is 0 Å². The molecule has 3 aromatic rings. The van der Waals surface area contributed by atoms with E-state index in [1.165, 1.54) is 0 Å². The molecule has 1 saturated heterocycles. The Morgan fingerprint density at radius 1 is 0.760 bits per heavy atom. The van der Waals surface area contributed by atoms with Crippen LogP contribution < -0.4 is 4.90 Å². The second-order valence-corrected chi connectivity index (χ2v) is 6.00. The fourth-order valence-electron chi connectivity index (χ4n) is 3.19. The Labute approximate surface area is 146 Å². The zero-order valence-corrected chi connectivity index (χ0v) is 13.8. The van der Waals surface area contributed by atoms with Crippen LogP contribution in [0, 0.1) is 0 Å². The van der Waals surface area contributed by atoms with Gasteiger partial charge in [-0.05, 0) is 24.3 Å². The molecule has 1 amide bonds. The molecule has 0 atom stereocenters. The summed E-state index contributed by atoms with van der Waals surface area (Å²) in [5.74, 6) is 0.104. The summed E-state index contributed by atoms with van der Waals surface area (Å²) in [6.45, 7) is 3.03. The molecule has 0 spiro atoms. The van der Waals surface area contributed by atoms with Crippen LogP contribution in [0.25, 0.3) is 5.69 Å². The van der Waals surface area contributed by atoms with Crippen molar-refractivity contribution in [3.63, 3.8) is 0 Å². The minimum atomic E-state index is 0.104. The van der Waals surface area contributed by atoms with Gasteiger partial charge in [-0.25, -0.2) is 0 Å². The number of piperazine rings is 1. The predicted molar refractivity (Wildman–Crippen MR) is 95.9 cm³/mol. The number of rotatable bonds is 3. The van der Waals surface area contributed by atoms with E-state index < -0.39 is 0 Å². The fourth-order valence-corrected chi connectivity index (χ4v) is 3.19. The van der Waals surface area contributed by atoms with E-state index >= 15 is 0 Å². The van der Waals surface area contributed by atoms with Crippen molar-refractivity contribution in [3.8, 4) is 5.69 Å². The van der Waals surface area contributed by atoms with E-state index in [-0.39, 0.29) is 5.91 Å². The van der Waals surface area contributed by atoms with Crippen molar-refractivity contribution in [2.75, 3.05) is 31.1 Å². The standard InChI is InChI=1S/C19H19N5O/c25-19(16-6-2-1-3-7-16)23-12-10-22(11-13-23)17-8-4-5-9-18(17)24-14-20-21-15-24/h1-9,14-15H,10-13H2. The average Bonchev–Trinajstić information content (AvgIpc) is 3.23. The maximum Gasteiger partial charge on any atom is 0.253 e. The summed E-state index contributed by atoms with van der Waals surface area (Å²) in [7, 11) is 0. The van der Waals surface area contributed by atoms with Crippen LogP contribution in [0.4, 0.5) is 5.69 Å². The largest absolute Gasteiger partial charge is 0.366 e. The topological polar surface area (TPSA) is 54.3 Å². The highest BCUT2D eigenvalue weighted by Gasteiger charge is 2.23. The molecule has 6 heteroatoms. The quantitative estimate of drug-likeness (QED) is 0.737. The second-order valence-electron chi connectivity index (χ2n) is 6.00. The number of nitrogens with zero attached hydrogens (tertiary/aromatic N) is 5. The number of hydrogen-bond acceptors (Lipinski definition) is 4. The lowest BCUT2D eigenvalue weighted by atomic mass is 10.1. The van der Waals surface area contributed by atoms with Gasteiger partial charge in [0.05, 0.1) is 11.4 Å². The molecule has 1 aliphatic heterocycles. The number of amides is 1. The van der Waals surface area contributed by atoms with Gasteiger partial charge in [0.25, 0.3) is 5.91 Å². The Morgan fingerprint density at radius 2 is 1.36 bits per heavy atom. The van der Waals surface area contributed by atoms with E-state index in [0.717, 1.165) is 30.0 Å².